The van der Waals surface area contributed by atoms with Crippen LogP contribution in [-0.4, -0.2) is 33.1 Å². The van der Waals surface area contributed by atoms with E-state index in [2.05, 4.69) is 23.7 Å². The molecular weight excluding hydrogens is 384 g/mol. The van der Waals surface area contributed by atoms with E-state index in [1.165, 1.54) is 0 Å². The van der Waals surface area contributed by atoms with Crippen molar-refractivity contribution < 1.29 is 19.2 Å². The van der Waals surface area contributed by atoms with Crippen LogP contribution in [0.2, 0.25) is 0 Å². The molecule has 0 spiro atoms. The first kappa shape index (κ1) is 27.7. The van der Waals surface area contributed by atoms with Crippen LogP contribution in [0.25, 0.3) is 0 Å². The Balaban J connectivity index is 0. The summed E-state index contributed by atoms with van der Waals surface area (Å²) in [5, 5.41) is 2.30. The van der Waals surface area contributed by atoms with Crippen LogP contribution in [0.1, 0.15) is 61.8 Å². The van der Waals surface area contributed by atoms with Crippen LogP contribution in [0.3, 0.4) is 0 Å². The summed E-state index contributed by atoms with van der Waals surface area (Å²) in [7, 11) is 3.57. The number of pyridine rings is 1. The molecule has 0 saturated carbocycles. The van der Waals surface area contributed by atoms with E-state index in [0.29, 0.717) is 10.3 Å². The highest BCUT2D eigenvalue weighted by Gasteiger charge is 2.33. The van der Waals surface area contributed by atoms with E-state index in [-0.39, 0.29) is 26.2 Å². The summed E-state index contributed by atoms with van der Waals surface area (Å²) in [5.74, 6) is -1.80. The van der Waals surface area contributed by atoms with Gasteiger partial charge in [-0.2, -0.15) is 0 Å². The molecule has 2 amide bonds. The molecule has 1 aliphatic rings. The number of aromatic nitrogens is 1. The van der Waals surface area contributed by atoms with E-state index >= 15 is 0 Å². The topological polar surface area (TPSA) is 76.6 Å². The summed E-state index contributed by atoms with van der Waals surface area (Å²) < 4.78 is 0. The summed E-state index contributed by atoms with van der Waals surface area (Å²) in [4.78, 5) is 41.7. The summed E-state index contributed by atoms with van der Waals surface area (Å²) in [6, 6.07) is 5.97. The Bertz CT molecular complexity index is 550. The third-order valence-corrected chi connectivity index (χ3v) is 5.47. The monoisotopic (exact) mass is 416 g/mol. The minimum atomic E-state index is -0.566. The number of carbonyl (C=O) groups excluding carboxylic acids is 3. The van der Waals surface area contributed by atoms with Gasteiger partial charge in [-0.25, -0.2) is 9.78 Å². The minimum Gasteiger partial charge on any atom is -0.330 e. The quantitative estimate of drug-likeness (QED) is 0.486. The Hall–Kier alpha value is -1.54. The van der Waals surface area contributed by atoms with Crippen LogP contribution in [-0.2, 0) is 19.2 Å². The van der Waals surface area contributed by atoms with Crippen molar-refractivity contribution >= 4 is 39.4 Å². The lowest BCUT2D eigenvalue weighted by Crippen LogP contribution is -2.33. The molecule has 0 bridgehead atoms. The van der Waals surface area contributed by atoms with Crippen molar-refractivity contribution in [3.05, 3.63) is 24.4 Å². The zero-order valence-corrected chi connectivity index (χ0v) is 17.9. The zero-order valence-electron chi connectivity index (χ0n) is 16.2. The average Bonchev–Trinajstić information content (AvgIpc) is 2.95. The molecule has 0 aliphatic carbocycles. The van der Waals surface area contributed by atoms with Gasteiger partial charge in [0.05, 0.1) is 5.92 Å². The second-order valence-corrected chi connectivity index (χ2v) is 8.34. The summed E-state index contributed by atoms with van der Waals surface area (Å²) >= 11 is 0. The van der Waals surface area contributed by atoms with Gasteiger partial charge in [0.1, 0.15) is 5.03 Å². The molecule has 0 unspecified atom stereocenters. The number of hydrogen-bond donors (Lipinski definition) is 0. The van der Waals surface area contributed by atoms with E-state index in [4.69, 9.17) is 0 Å². The fraction of sp³-hybridized carbons (Fsp3) is 0.579. The lowest BCUT2D eigenvalue weighted by molar-refractivity contribution is -0.199. The van der Waals surface area contributed by atoms with Crippen LogP contribution in [0.5, 0.6) is 0 Å². The predicted octanol–water partition coefficient (Wildman–Crippen LogP) is 5.14. The molecule has 1 aliphatic heterocycles. The fourth-order valence-electron chi connectivity index (χ4n) is 1.40. The van der Waals surface area contributed by atoms with E-state index in [0.717, 1.165) is 5.03 Å². The first-order valence-electron chi connectivity index (χ1n) is 8.63. The van der Waals surface area contributed by atoms with Gasteiger partial charge in [0.25, 0.3) is 11.8 Å². The van der Waals surface area contributed by atoms with Crippen LogP contribution in [0, 0.1) is 5.92 Å². The number of amides is 2. The van der Waals surface area contributed by atoms with E-state index < -0.39 is 17.8 Å². The molecule has 1 saturated heterocycles. The normalized spacial score (nSPS) is 12.7. The fourth-order valence-corrected chi connectivity index (χ4v) is 3.09. The van der Waals surface area contributed by atoms with Crippen LogP contribution in [0.4, 0.5) is 0 Å². The molecule has 0 aromatic carbocycles. The average molecular weight is 417 g/mol. The first-order chi connectivity index (χ1) is 12.3. The van der Waals surface area contributed by atoms with Crippen molar-refractivity contribution in [3.63, 3.8) is 0 Å². The van der Waals surface area contributed by atoms with Crippen molar-refractivity contribution in [3.8, 4) is 0 Å². The number of hydroxylamine groups is 2. The van der Waals surface area contributed by atoms with Gasteiger partial charge in [-0.05, 0) is 22.9 Å². The summed E-state index contributed by atoms with van der Waals surface area (Å²) in [6.07, 6.45) is 2.08. The smallest absolute Gasteiger partial charge is 0.330 e. The molecule has 0 N–H and O–H groups in total. The molecule has 0 radical (unpaired) electrons. The maximum atomic E-state index is 11.0. The van der Waals surface area contributed by atoms with Gasteiger partial charge in [0.15, 0.2) is 0 Å². The molecule has 6 nitrogen and oxygen atoms in total. The molecule has 0 atom stereocenters. The van der Waals surface area contributed by atoms with Crippen molar-refractivity contribution in [2.75, 3.05) is 0 Å². The second kappa shape index (κ2) is 15.5. The SMILES string of the molecule is C.CC.CC(C)C(=O)ON1C(=O)CCC1=O.CC(C)SSc1ccccn1. The third-order valence-electron chi connectivity index (χ3n) is 2.62. The lowest BCUT2D eigenvalue weighted by Gasteiger charge is -2.13. The van der Waals surface area contributed by atoms with Gasteiger partial charge in [-0.15, -0.1) is 5.06 Å². The number of carbonyl (C=O) groups is 3. The van der Waals surface area contributed by atoms with Gasteiger partial charge in [0, 0.05) is 24.3 Å². The number of nitrogens with zero attached hydrogens (tertiary/aromatic N) is 2. The van der Waals surface area contributed by atoms with E-state index in [9.17, 15) is 14.4 Å². The molecule has 1 fully saturated rings. The molecule has 1 aromatic heterocycles. The van der Waals surface area contributed by atoms with Gasteiger partial charge in [-0.3, -0.25) is 9.59 Å². The minimum absolute atomic E-state index is 0. The highest BCUT2D eigenvalue weighted by Crippen LogP contribution is 2.32. The van der Waals surface area contributed by atoms with E-state index in [1.54, 1.807) is 24.6 Å². The Kier molecular flexibility index (Phi) is 15.9. The Morgan fingerprint density at radius 2 is 1.67 bits per heavy atom. The van der Waals surface area contributed by atoms with Crippen molar-refractivity contribution in [1.29, 1.82) is 0 Å². The predicted molar refractivity (Wildman–Crippen MR) is 113 cm³/mol. The Labute approximate surface area is 171 Å². The van der Waals surface area contributed by atoms with Gasteiger partial charge in [0.2, 0.25) is 0 Å². The standard InChI is InChI=1S/C8H11NO4.C8H11NS2.C2H6.CH4/c1-5(2)8(12)13-9-6(10)3-4-7(9)11;1-7(2)10-11-8-5-3-4-6-9-8;1-2;/h5H,3-4H2,1-2H3;3-7H,1-2H3;1-2H3;1H4. The first-order valence-corrected chi connectivity index (χ1v) is 10.8. The maximum Gasteiger partial charge on any atom is 0.335 e. The van der Waals surface area contributed by atoms with Crippen LogP contribution >= 0.6 is 21.6 Å². The number of hydrogen-bond acceptors (Lipinski definition) is 7. The molecule has 2 heterocycles. The second-order valence-electron chi connectivity index (χ2n) is 5.54. The molecule has 8 heteroatoms. The largest absolute Gasteiger partial charge is 0.335 e. The lowest BCUT2D eigenvalue weighted by atomic mass is 10.2. The van der Waals surface area contributed by atoms with Crippen LogP contribution in [0.15, 0.2) is 29.4 Å². The van der Waals surface area contributed by atoms with Crippen molar-refractivity contribution in [1.82, 2.24) is 10.0 Å². The van der Waals surface area contributed by atoms with Gasteiger partial charge >= 0.3 is 5.97 Å². The summed E-state index contributed by atoms with van der Waals surface area (Å²) in [6.45, 7) is 11.6. The maximum absolute atomic E-state index is 11.0. The van der Waals surface area contributed by atoms with Gasteiger partial charge < -0.3 is 4.84 Å². The van der Waals surface area contributed by atoms with E-state index in [1.807, 2.05) is 49.0 Å². The molecular formula is C19H32N2O4S2. The zero-order chi connectivity index (χ0) is 20.1. The number of rotatable bonds is 5. The Morgan fingerprint density at radius 3 is 2.07 bits per heavy atom. The highest BCUT2D eigenvalue weighted by atomic mass is 33.1. The van der Waals surface area contributed by atoms with Crippen molar-refractivity contribution in [2.45, 2.75) is 72.1 Å². The highest BCUT2D eigenvalue weighted by molar-refractivity contribution is 8.76. The molecule has 2 rings (SSSR count). The van der Waals surface area contributed by atoms with Crippen LogP contribution < -0.4 is 0 Å². The van der Waals surface area contributed by atoms with Crippen molar-refractivity contribution in [2.24, 2.45) is 5.92 Å². The third kappa shape index (κ3) is 11.7. The molecule has 27 heavy (non-hydrogen) atoms. The molecule has 154 valence electrons. The Morgan fingerprint density at radius 1 is 1.11 bits per heavy atom. The molecule has 1 aromatic rings. The van der Waals surface area contributed by atoms with Gasteiger partial charge in [-0.1, -0.05) is 65.8 Å². The number of imide groups is 1. The summed E-state index contributed by atoms with van der Waals surface area (Å²) in [5.41, 5.74) is 0.